The second kappa shape index (κ2) is 10.2. The lowest BCUT2D eigenvalue weighted by Crippen LogP contribution is -2.62. The standard InChI is InChI=1S/C15H28N4O3/c1-2-3-4-5-9-17-13(20)10-12-15(22)18-11(7-6-8-16)14(21)19-12/h11-12H,2-10,16H2,1H3,(H,17,20)(H,18,22)(H,19,21)/t11-,12-/m1/s1. The van der Waals surface area contributed by atoms with Crippen LogP contribution in [0.25, 0.3) is 0 Å². The largest absolute Gasteiger partial charge is 0.356 e. The SMILES string of the molecule is CCCCCCNC(=O)C[C@H]1NC(=O)[C@@H](CCCN)NC1=O. The summed E-state index contributed by atoms with van der Waals surface area (Å²) in [5, 5.41) is 8.05. The van der Waals surface area contributed by atoms with Crippen LogP contribution in [0.4, 0.5) is 0 Å². The van der Waals surface area contributed by atoms with Gasteiger partial charge in [0.25, 0.3) is 0 Å². The fraction of sp³-hybridized carbons (Fsp3) is 0.800. The van der Waals surface area contributed by atoms with Crippen molar-refractivity contribution in [1.29, 1.82) is 0 Å². The Hall–Kier alpha value is -1.63. The molecule has 0 radical (unpaired) electrons. The average molecular weight is 312 g/mol. The fourth-order valence-electron chi connectivity index (χ4n) is 2.38. The van der Waals surface area contributed by atoms with Crippen LogP contribution in [0.2, 0.25) is 0 Å². The van der Waals surface area contributed by atoms with Gasteiger partial charge in [0, 0.05) is 6.54 Å². The molecule has 1 rings (SSSR count). The first kappa shape index (κ1) is 18.4. The lowest BCUT2D eigenvalue weighted by Gasteiger charge is -2.29. The number of unbranched alkanes of at least 4 members (excludes halogenated alkanes) is 3. The van der Waals surface area contributed by atoms with Gasteiger partial charge in [0.15, 0.2) is 0 Å². The summed E-state index contributed by atoms with van der Waals surface area (Å²) in [5.41, 5.74) is 5.40. The zero-order valence-corrected chi connectivity index (χ0v) is 13.3. The Balaban J connectivity index is 2.29. The molecule has 7 heteroatoms. The van der Waals surface area contributed by atoms with Crippen LogP contribution in [0.3, 0.4) is 0 Å². The molecule has 5 N–H and O–H groups in total. The van der Waals surface area contributed by atoms with Crippen LogP contribution in [0, 0.1) is 0 Å². The number of nitrogens with one attached hydrogen (secondary N) is 3. The average Bonchev–Trinajstić information content (AvgIpc) is 2.49. The molecule has 0 aromatic rings. The summed E-state index contributed by atoms with van der Waals surface area (Å²) in [7, 11) is 0. The number of hydrogen-bond acceptors (Lipinski definition) is 4. The van der Waals surface area contributed by atoms with E-state index in [0.29, 0.717) is 25.9 Å². The summed E-state index contributed by atoms with van der Waals surface area (Å²) in [5.74, 6) is -0.756. The lowest BCUT2D eigenvalue weighted by molar-refractivity contribution is -0.138. The van der Waals surface area contributed by atoms with E-state index in [9.17, 15) is 14.4 Å². The maximum atomic E-state index is 11.9. The van der Waals surface area contributed by atoms with E-state index >= 15 is 0 Å². The first-order valence-electron chi connectivity index (χ1n) is 8.16. The molecule has 1 heterocycles. The van der Waals surface area contributed by atoms with Gasteiger partial charge in [0.05, 0.1) is 6.42 Å². The highest BCUT2D eigenvalue weighted by molar-refractivity contribution is 5.99. The summed E-state index contributed by atoms with van der Waals surface area (Å²) in [6.45, 7) is 3.22. The van der Waals surface area contributed by atoms with E-state index in [1.165, 1.54) is 0 Å². The van der Waals surface area contributed by atoms with Gasteiger partial charge in [0.2, 0.25) is 17.7 Å². The van der Waals surface area contributed by atoms with Crippen molar-refractivity contribution in [3.05, 3.63) is 0 Å². The smallest absolute Gasteiger partial charge is 0.243 e. The van der Waals surface area contributed by atoms with Gasteiger partial charge in [0.1, 0.15) is 12.1 Å². The first-order chi connectivity index (χ1) is 10.6. The number of piperazine rings is 1. The van der Waals surface area contributed by atoms with Crippen molar-refractivity contribution in [2.45, 2.75) is 64.0 Å². The van der Waals surface area contributed by atoms with Gasteiger partial charge in [-0.2, -0.15) is 0 Å². The van der Waals surface area contributed by atoms with Crippen LogP contribution in [-0.2, 0) is 14.4 Å². The monoisotopic (exact) mass is 312 g/mol. The van der Waals surface area contributed by atoms with Crippen molar-refractivity contribution in [2.75, 3.05) is 13.1 Å². The number of nitrogens with two attached hydrogens (primary N) is 1. The molecule has 0 bridgehead atoms. The Morgan fingerprint density at radius 1 is 1.09 bits per heavy atom. The molecule has 22 heavy (non-hydrogen) atoms. The van der Waals surface area contributed by atoms with Crippen molar-refractivity contribution >= 4 is 17.7 Å². The van der Waals surface area contributed by atoms with Gasteiger partial charge in [-0.25, -0.2) is 0 Å². The molecule has 7 nitrogen and oxygen atoms in total. The Kier molecular flexibility index (Phi) is 8.50. The minimum atomic E-state index is -0.780. The predicted octanol–water partition coefficient (Wildman–Crippen LogP) is -0.205. The normalized spacial score (nSPS) is 21.2. The molecule has 1 saturated heterocycles. The van der Waals surface area contributed by atoms with E-state index in [1.807, 2.05) is 0 Å². The van der Waals surface area contributed by atoms with Crippen LogP contribution < -0.4 is 21.7 Å². The van der Waals surface area contributed by atoms with Crippen molar-refractivity contribution in [3.63, 3.8) is 0 Å². The molecule has 0 aliphatic carbocycles. The molecule has 1 fully saturated rings. The third-order valence-electron chi connectivity index (χ3n) is 3.70. The van der Waals surface area contributed by atoms with Gasteiger partial charge in [-0.3, -0.25) is 14.4 Å². The molecule has 0 saturated carbocycles. The number of rotatable bonds is 10. The Morgan fingerprint density at radius 2 is 1.77 bits per heavy atom. The zero-order valence-electron chi connectivity index (χ0n) is 13.3. The minimum Gasteiger partial charge on any atom is -0.356 e. The number of carbonyl (C=O) groups is 3. The highest BCUT2D eigenvalue weighted by atomic mass is 16.2. The highest BCUT2D eigenvalue weighted by Gasteiger charge is 2.34. The van der Waals surface area contributed by atoms with Gasteiger partial charge in [-0.15, -0.1) is 0 Å². The van der Waals surface area contributed by atoms with Crippen molar-refractivity contribution in [1.82, 2.24) is 16.0 Å². The molecular formula is C15H28N4O3. The predicted molar refractivity (Wildman–Crippen MR) is 83.9 cm³/mol. The van der Waals surface area contributed by atoms with E-state index in [2.05, 4.69) is 22.9 Å². The zero-order chi connectivity index (χ0) is 16.4. The first-order valence-corrected chi connectivity index (χ1v) is 8.16. The van der Waals surface area contributed by atoms with Gasteiger partial charge >= 0.3 is 0 Å². The highest BCUT2D eigenvalue weighted by Crippen LogP contribution is 2.06. The van der Waals surface area contributed by atoms with Crippen LogP contribution in [0.5, 0.6) is 0 Å². The Labute approximate surface area is 131 Å². The van der Waals surface area contributed by atoms with Crippen molar-refractivity contribution < 1.29 is 14.4 Å². The lowest BCUT2D eigenvalue weighted by atomic mass is 10.0. The summed E-state index contributed by atoms with van der Waals surface area (Å²) in [6, 6.07) is -1.32. The van der Waals surface area contributed by atoms with Crippen molar-refractivity contribution in [2.24, 2.45) is 5.73 Å². The summed E-state index contributed by atoms with van der Waals surface area (Å²) in [4.78, 5) is 35.6. The van der Waals surface area contributed by atoms with Gasteiger partial charge < -0.3 is 21.7 Å². The van der Waals surface area contributed by atoms with E-state index in [0.717, 1.165) is 25.7 Å². The molecule has 0 aromatic heterocycles. The maximum absolute atomic E-state index is 11.9. The topological polar surface area (TPSA) is 113 Å². The summed E-state index contributed by atoms with van der Waals surface area (Å²) >= 11 is 0. The quantitative estimate of drug-likeness (QED) is 0.418. The van der Waals surface area contributed by atoms with E-state index in [4.69, 9.17) is 5.73 Å². The number of amides is 3. The molecule has 0 spiro atoms. The molecule has 126 valence electrons. The molecule has 0 aromatic carbocycles. The van der Waals surface area contributed by atoms with Crippen LogP contribution in [0.15, 0.2) is 0 Å². The fourth-order valence-corrected chi connectivity index (χ4v) is 2.38. The van der Waals surface area contributed by atoms with Gasteiger partial charge in [-0.1, -0.05) is 26.2 Å². The van der Waals surface area contributed by atoms with E-state index in [1.54, 1.807) is 0 Å². The van der Waals surface area contributed by atoms with E-state index < -0.39 is 12.1 Å². The molecule has 2 atom stereocenters. The Morgan fingerprint density at radius 3 is 2.45 bits per heavy atom. The minimum absolute atomic E-state index is 0.0189. The van der Waals surface area contributed by atoms with Crippen LogP contribution in [0.1, 0.15) is 51.9 Å². The second-order valence-electron chi connectivity index (χ2n) is 5.67. The van der Waals surface area contributed by atoms with Gasteiger partial charge in [-0.05, 0) is 25.8 Å². The summed E-state index contributed by atoms with van der Waals surface area (Å²) < 4.78 is 0. The molecule has 1 aliphatic heterocycles. The number of hydrogen-bond donors (Lipinski definition) is 4. The third-order valence-corrected chi connectivity index (χ3v) is 3.70. The number of carbonyl (C=O) groups excluding carboxylic acids is 3. The molecular weight excluding hydrogens is 284 g/mol. The maximum Gasteiger partial charge on any atom is 0.243 e. The van der Waals surface area contributed by atoms with E-state index in [-0.39, 0.29) is 24.1 Å². The second-order valence-corrected chi connectivity index (χ2v) is 5.67. The van der Waals surface area contributed by atoms with Crippen LogP contribution in [-0.4, -0.2) is 42.9 Å². The third kappa shape index (κ3) is 6.43. The van der Waals surface area contributed by atoms with Crippen LogP contribution >= 0.6 is 0 Å². The Bertz CT molecular complexity index is 387. The summed E-state index contributed by atoms with van der Waals surface area (Å²) in [6.07, 6.45) is 5.49. The molecule has 0 unspecified atom stereocenters. The molecule has 3 amide bonds. The molecule has 1 aliphatic rings. The van der Waals surface area contributed by atoms with Crippen molar-refractivity contribution in [3.8, 4) is 0 Å².